The molecule has 0 aliphatic carbocycles. The number of sulfone groups is 1. The molecule has 1 aromatic heterocycles. The van der Waals surface area contributed by atoms with Gasteiger partial charge in [-0.3, -0.25) is 9.52 Å². The van der Waals surface area contributed by atoms with Gasteiger partial charge in [0.25, 0.3) is 10.0 Å². The monoisotopic (exact) mass is 463 g/mol. The van der Waals surface area contributed by atoms with E-state index >= 15 is 0 Å². The highest BCUT2D eigenvalue weighted by atomic mass is 32.2. The fourth-order valence-corrected chi connectivity index (χ4v) is 4.98. The molecule has 166 valence electrons. The van der Waals surface area contributed by atoms with E-state index in [2.05, 4.69) is 4.72 Å². The van der Waals surface area contributed by atoms with Gasteiger partial charge in [0.15, 0.2) is 9.84 Å². The van der Waals surface area contributed by atoms with E-state index in [1.807, 2.05) is 24.5 Å². The molecule has 0 saturated heterocycles. The summed E-state index contributed by atoms with van der Waals surface area (Å²) in [5.74, 6) is 0.0184. The Morgan fingerprint density at radius 3 is 2.13 bits per heavy atom. The quantitative estimate of drug-likeness (QED) is 0.553. The lowest BCUT2D eigenvalue weighted by atomic mass is 10.2. The van der Waals surface area contributed by atoms with Crippen LogP contribution in [-0.2, 0) is 31.2 Å². The summed E-state index contributed by atoms with van der Waals surface area (Å²) in [6.07, 6.45) is 2.86. The number of nitrogens with one attached hydrogen (secondary N) is 1. The predicted octanol–water partition coefficient (Wildman–Crippen LogP) is 2.71. The molecule has 0 fully saturated rings. The van der Waals surface area contributed by atoms with E-state index in [1.165, 1.54) is 24.3 Å². The highest BCUT2D eigenvalue weighted by Crippen LogP contribution is 2.24. The third-order valence-electron chi connectivity index (χ3n) is 5.01. The Morgan fingerprint density at radius 1 is 0.935 bits per heavy atom. The van der Waals surface area contributed by atoms with Gasteiger partial charge in [0, 0.05) is 42.1 Å². The lowest BCUT2D eigenvalue weighted by Crippen LogP contribution is -2.33. The van der Waals surface area contributed by atoms with Gasteiger partial charge >= 0.3 is 0 Å². The minimum absolute atomic E-state index is 0.0184. The first kappa shape index (κ1) is 22.8. The van der Waals surface area contributed by atoms with Gasteiger partial charge in [-0.2, -0.15) is 0 Å². The van der Waals surface area contributed by atoms with Gasteiger partial charge in [-0.1, -0.05) is 0 Å². The standard InChI is InChI=1S/C21H25N3O5S2/c1-4-23(5-2)21(25)15-24-13-12-16-14-17(6-11-20(16)24)22-31(28,29)19-9-7-18(8-10-19)30(3,26)27/h6-14,22H,4-5,15H2,1-3H3. The summed E-state index contributed by atoms with van der Waals surface area (Å²) < 4.78 is 52.8. The van der Waals surface area contributed by atoms with Gasteiger partial charge in [-0.05, 0) is 62.4 Å². The smallest absolute Gasteiger partial charge is 0.261 e. The van der Waals surface area contributed by atoms with Gasteiger partial charge in [0.2, 0.25) is 5.91 Å². The third kappa shape index (κ3) is 5.08. The van der Waals surface area contributed by atoms with Crippen LogP contribution in [0.5, 0.6) is 0 Å². The van der Waals surface area contributed by atoms with Crippen molar-refractivity contribution in [1.82, 2.24) is 9.47 Å². The Kier molecular flexibility index (Phi) is 6.42. The Balaban J connectivity index is 1.82. The molecular formula is C21H25N3O5S2. The van der Waals surface area contributed by atoms with E-state index in [9.17, 15) is 21.6 Å². The molecule has 0 spiro atoms. The van der Waals surface area contributed by atoms with Crippen molar-refractivity contribution in [3.8, 4) is 0 Å². The Morgan fingerprint density at radius 2 is 1.55 bits per heavy atom. The molecule has 8 nitrogen and oxygen atoms in total. The number of aromatic nitrogens is 1. The van der Waals surface area contributed by atoms with Crippen LogP contribution in [0.3, 0.4) is 0 Å². The van der Waals surface area contributed by atoms with Crippen LogP contribution in [0.25, 0.3) is 10.9 Å². The van der Waals surface area contributed by atoms with Crippen molar-refractivity contribution in [2.45, 2.75) is 30.2 Å². The molecule has 1 heterocycles. The third-order valence-corrected chi connectivity index (χ3v) is 7.53. The minimum atomic E-state index is -3.89. The summed E-state index contributed by atoms with van der Waals surface area (Å²) in [5.41, 5.74) is 1.19. The fraction of sp³-hybridized carbons (Fsp3) is 0.286. The number of likely N-dealkylation sites (N-methyl/N-ethyl adjacent to an activating group) is 1. The first-order chi connectivity index (χ1) is 14.5. The molecule has 0 saturated carbocycles. The average Bonchev–Trinajstić information content (AvgIpc) is 3.10. The normalized spacial score (nSPS) is 12.1. The second kappa shape index (κ2) is 8.72. The summed E-state index contributed by atoms with van der Waals surface area (Å²) in [4.78, 5) is 14.2. The number of anilines is 1. The van der Waals surface area contributed by atoms with Crippen molar-refractivity contribution in [2.75, 3.05) is 24.1 Å². The molecule has 1 amide bonds. The minimum Gasteiger partial charge on any atom is -0.342 e. The second-order valence-electron chi connectivity index (χ2n) is 7.13. The SMILES string of the molecule is CCN(CC)C(=O)Cn1ccc2cc(NS(=O)(=O)c3ccc(S(C)(=O)=O)cc3)ccc21. The van der Waals surface area contributed by atoms with Crippen LogP contribution in [0.1, 0.15) is 13.8 Å². The van der Waals surface area contributed by atoms with Crippen LogP contribution in [0.15, 0.2) is 64.5 Å². The summed E-state index contributed by atoms with van der Waals surface area (Å²) in [5, 5.41) is 0.792. The molecule has 0 atom stereocenters. The Hall–Kier alpha value is -2.85. The maximum absolute atomic E-state index is 12.7. The molecule has 0 bridgehead atoms. The fourth-order valence-electron chi connectivity index (χ4n) is 3.30. The van der Waals surface area contributed by atoms with Crippen molar-refractivity contribution >= 4 is 42.4 Å². The molecule has 10 heteroatoms. The zero-order chi connectivity index (χ0) is 22.8. The van der Waals surface area contributed by atoms with E-state index in [4.69, 9.17) is 0 Å². The van der Waals surface area contributed by atoms with Crippen molar-refractivity contribution in [2.24, 2.45) is 0 Å². The molecule has 3 rings (SSSR count). The maximum atomic E-state index is 12.7. The van der Waals surface area contributed by atoms with Crippen LogP contribution in [0, 0.1) is 0 Å². The van der Waals surface area contributed by atoms with Gasteiger partial charge < -0.3 is 9.47 Å². The Bertz CT molecular complexity index is 1310. The Labute approximate surface area is 182 Å². The van der Waals surface area contributed by atoms with Gasteiger partial charge in [-0.15, -0.1) is 0 Å². The number of carbonyl (C=O) groups excluding carboxylic acids is 1. The van der Waals surface area contributed by atoms with Gasteiger partial charge in [0.05, 0.1) is 9.79 Å². The van der Waals surface area contributed by atoms with E-state index in [-0.39, 0.29) is 22.2 Å². The van der Waals surface area contributed by atoms with Crippen LogP contribution < -0.4 is 4.72 Å². The highest BCUT2D eigenvalue weighted by molar-refractivity contribution is 7.92. The molecule has 1 N–H and O–H groups in total. The highest BCUT2D eigenvalue weighted by Gasteiger charge is 2.17. The first-order valence-corrected chi connectivity index (χ1v) is 13.1. The van der Waals surface area contributed by atoms with Crippen LogP contribution >= 0.6 is 0 Å². The van der Waals surface area contributed by atoms with E-state index in [0.29, 0.717) is 18.8 Å². The average molecular weight is 464 g/mol. The molecule has 3 aromatic rings. The van der Waals surface area contributed by atoms with Crippen molar-refractivity contribution in [3.63, 3.8) is 0 Å². The number of sulfonamides is 1. The number of hydrogen-bond donors (Lipinski definition) is 1. The summed E-state index contributed by atoms with van der Waals surface area (Å²) in [7, 11) is -7.30. The van der Waals surface area contributed by atoms with Crippen molar-refractivity contribution in [3.05, 3.63) is 54.7 Å². The molecule has 0 aliphatic rings. The summed E-state index contributed by atoms with van der Waals surface area (Å²) in [6, 6.07) is 11.9. The number of benzene rings is 2. The molecule has 0 radical (unpaired) electrons. The van der Waals surface area contributed by atoms with Crippen LogP contribution in [0.2, 0.25) is 0 Å². The molecule has 0 unspecified atom stereocenters. The molecule has 31 heavy (non-hydrogen) atoms. The lowest BCUT2D eigenvalue weighted by Gasteiger charge is -2.19. The second-order valence-corrected chi connectivity index (χ2v) is 10.8. The number of hydrogen-bond acceptors (Lipinski definition) is 5. The van der Waals surface area contributed by atoms with E-state index in [0.717, 1.165) is 17.2 Å². The van der Waals surface area contributed by atoms with Crippen molar-refractivity contribution in [1.29, 1.82) is 0 Å². The largest absolute Gasteiger partial charge is 0.342 e. The number of fused-ring (bicyclic) bond motifs is 1. The lowest BCUT2D eigenvalue weighted by molar-refractivity contribution is -0.131. The van der Waals surface area contributed by atoms with Gasteiger partial charge in [0.1, 0.15) is 6.54 Å². The number of nitrogens with zero attached hydrogens (tertiary/aromatic N) is 2. The summed E-state index contributed by atoms with van der Waals surface area (Å²) >= 11 is 0. The number of carbonyl (C=O) groups is 1. The predicted molar refractivity (Wildman–Crippen MR) is 120 cm³/mol. The van der Waals surface area contributed by atoms with E-state index in [1.54, 1.807) is 29.3 Å². The number of rotatable bonds is 8. The van der Waals surface area contributed by atoms with E-state index < -0.39 is 19.9 Å². The van der Waals surface area contributed by atoms with Crippen LogP contribution in [-0.4, -0.2) is 51.6 Å². The first-order valence-electron chi connectivity index (χ1n) is 9.74. The number of amides is 1. The van der Waals surface area contributed by atoms with Crippen LogP contribution in [0.4, 0.5) is 5.69 Å². The molecule has 2 aromatic carbocycles. The maximum Gasteiger partial charge on any atom is 0.261 e. The zero-order valence-corrected chi connectivity index (χ0v) is 19.2. The summed E-state index contributed by atoms with van der Waals surface area (Å²) in [6.45, 7) is 5.37. The topological polar surface area (TPSA) is 106 Å². The van der Waals surface area contributed by atoms with Gasteiger partial charge in [-0.25, -0.2) is 16.8 Å². The van der Waals surface area contributed by atoms with Crippen molar-refractivity contribution < 1.29 is 21.6 Å². The molecular weight excluding hydrogens is 438 g/mol. The zero-order valence-electron chi connectivity index (χ0n) is 17.6. The molecule has 0 aliphatic heterocycles.